The molecule has 12 aromatic rings. The van der Waals surface area contributed by atoms with E-state index in [9.17, 15) is 0 Å². The van der Waals surface area contributed by atoms with Crippen LogP contribution in [0.2, 0.25) is 0 Å². The van der Waals surface area contributed by atoms with Crippen LogP contribution in [0.5, 0.6) is 0 Å². The van der Waals surface area contributed by atoms with E-state index in [2.05, 4.69) is 102 Å². The first-order chi connectivity index (χ1) is 29.2. The summed E-state index contributed by atoms with van der Waals surface area (Å²) in [6.45, 7) is 0. The molecule has 4 aromatic heterocycles. The molecule has 0 amide bonds. The van der Waals surface area contributed by atoms with Gasteiger partial charge in [-0.15, -0.1) is 11.3 Å². The van der Waals surface area contributed by atoms with Gasteiger partial charge in [0.2, 0.25) is 5.89 Å². The third kappa shape index (κ3) is 5.70. The summed E-state index contributed by atoms with van der Waals surface area (Å²) in [6, 6.07) is 62.5. The van der Waals surface area contributed by atoms with Crippen molar-refractivity contribution in [1.82, 2.24) is 19.9 Å². The van der Waals surface area contributed by atoms with Crippen LogP contribution in [0.4, 0.5) is 0 Å². The fourth-order valence-electron chi connectivity index (χ4n) is 8.10. The van der Waals surface area contributed by atoms with E-state index in [1.807, 2.05) is 96.3 Å². The number of para-hydroxylation sites is 4. The zero-order valence-corrected chi connectivity index (χ0v) is 32.2. The molecule has 0 atom stereocenters. The minimum absolute atomic E-state index is 0.562. The lowest BCUT2D eigenvalue weighted by Gasteiger charge is -2.10. The molecule has 0 fully saturated rings. The molecule has 8 aromatic carbocycles. The Morgan fingerprint density at radius 3 is 1.86 bits per heavy atom. The fraction of sp³-hybridized carbons (Fsp3) is 0. The van der Waals surface area contributed by atoms with Gasteiger partial charge in [0, 0.05) is 47.6 Å². The third-order valence-electron chi connectivity index (χ3n) is 11.0. The van der Waals surface area contributed by atoms with Crippen LogP contribution in [0, 0.1) is 0 Å². The van der Waals surface area contributed by atoms with Crippen molar-refractivity contribution in [3.05, 3.63) is 182 Å². The van der Waals surface area contributed by atoms with Crippen molar-refractivity contribution in [3.63, 3.8) is 0 Å². The van der Waals surface area contributed by atoms with Gasteiger partial charge in [-0.3, -0.25) is 0 Å². The number of benzene rings is 8. The summed E-state index contributed by atoms with van der Waals surface area (Å²) in [5.74, 6) is 2.39. The number of thiophene rings is 1. The Bertz CT molecular complexity index is 3530. The number of rotatable bonds is 6. The van der Waals surface area contributed by atoms with Crippen LogP contribution in [0.3, 0.4) is 0 Å². The molecule has 59 heavy (non-hydrogen) atoms. The minimum Gasteiger partial charge on any atom is -0.455 e. The van der Waals surface area contributed by atoms with Crippen molar-refractivity contribution in [2.45, 2.75) is 0 Å². The average Bonchev–Trinajstić information content (AvgIpc) is 4.03. The predicted molar refractivity (Wildman–Crippen MR) is 240 cm³/mol. The van der Waals surface area contributed by atoms with E-state index < -0.39 is 0 Å². The Kier molecular flexibility index (Phi) is 7.61. The lowest BCUT2D eigenvalue weighted by Crippen LogP contribution is -2.00. The van der Waals surface area contributed by atoms with E-state index in [-0.39, 0.29) is 0 Å². The van der Waals surface area contributed by atoms with E-state index in [0.29, 0.717) is 23.4 Å². The number of furan rings is 1. The minimum atomic E-state index is 0.562. The van der Waals surface area contributed by atoms with Crippen molar-refractivity contribution >= 4 is 64.5 Å². The Labute approximate surface area is 341 Å². The molecule has 0 aliphatic rings. The first-order valence-electron chi connectivity index (χ1n) is 19.4. The molecule has 0 aliphatic carbocycles. The van der Waals surface area contributed by atoms with E-state index in [1.165, 1.54) is 25.7 Å². The Hall–Kier alpha value is -7.74. The molecule has 0 saturated carbocycles. The topological polar surface area (TPSA) is 77.8 Å². The molecular formula is C52H30N4O2S. The van der Waals surface area contributed by atoms with Gasteiger partial charge in [0.05, 0.1) is 5.56 Å². The summed E-state index contributed by atoms with van der Waals surface area (Å²) in [7, 11) is 0. The molecule has 0 aliphatic heterocycles. The number of hydrogen-bond acceptors (Lipinski definition) is 7. The number of oxazole rings is 1. The second-order valence-electron chi connectivity index (χ2n) is 14.6. The maximum absolute atomic E-state index is 6.43. The van der Waals surface area contributed by atoms with Crippen LogP contribution in [0.15, 0.2) is 191 Å². The molecule has 0 saturated heterocycles. The summed E-state index contributed by atoms with van der Waals surface area (Å²) < 4.78 is 14.9. The number of hydrogen-bond donors (Lipinski definition) is 0. The first-order valence-corrected chi connectivity index (χ1v) is 20.3. The number of fused-ring (bicyclic) bond motifs is 7. The second-order valence-corrected chi connectivity index (χ2v) is 15.6. The summed E-state index contributed by atoms with van der Waals surface area (Å²) in [5, 5.41) is 4.55. The smallest absolute Gasteiger partial charge is 0.227 e. The maximum atomic E-state index is 6.43. The molecule has 0 bridgehead atoms. The SMILES string of the molecule is c1ccc(-c2nc(-c3cccc(-c4cccc5c4sc4ccc(-c6ccc(-c7nc8ccccc8o7)cc6)cc45)c3)nc(-c3cccc4c3oc3ccccc34)n2)cc1. The summed E-state index contributed by atoms with van der Waals surface area (Å²) in [4.78, 5) is 19.9. The van der Waals surface area contributed by atoms with Gasteiger partial charge in [0.25, 0.3) is 0 Å². The van der Waals surface area contributed by atoms with Crippen LogP contribution < -0.4 is 0 Å². The van der Waals surface area contributed by atoms with Gasteiger partial charge in [-0.1, -0.05) is 127 Å². The normalized spacial score (nSPS) is 11.7. The molecule has 0 radical (unpaired) electrons. The second kappa shape index (κ2) is 13.4. The van der Waals surface area contributed by atoms with Crippen LogP contribution >= 0.6 is 11.3 Å². The standard InChI is InChI=1S/C52H30N4O2S/c1-2-11-32(12-3-1)49-54-50(56-51(55-49)41-19-10-17-39-38-15-4-6-21-44(38)57-47(39)41)36-14-8-13-35(29-36)37-16-9-18-40-42-30-34(27-28-46(42)59-48(37)40)31-23-25-33(26-24-31)52-53-43-20-5-7-22-45(43)58-52/h1-30H. The van der Waals surface area contributed by atoms with E-state index in [0.717, 1.165) is 72.0 Å². The quantitative estimate of drug-likeness (QED) is 0.167. The molecule has 0 spiro atoms. The lowest BCUT2D eigenvalue weighted by atomic mass is 9.98. The highest BCUT2D eigenvalue weighted by atomic mass is 32.1. The highest BCUT2D eigenvalue weighted by Crippen LogP contribution is 2.42. The largest absolute Gasteiger partial charge is 0.455 e. The number of aromatic nitrogens is 4. The third-order valence-corrected chi connectivity index (χ3v) is 12.2. The van der Waals surface area contributed by atoms with Crippen molar-refractivity contribution in [1.29, 1.82) is 0 Å². The summed E-state index contributed by atoms with van der Waals surface area (Å²) in [6.07, 6.45) is 0. The maximum Gasteiger partial charge on any atom is 0.227 e. The van der Waals surface area contributed by atoms with Crippen molar-refractivity contribution in [2.24, 2.45) is 0 Å². The average molecular weight is 775 g/mol. The van der Waals surface area contributed by atoms with Gasteiger partial charge in [0.1, 0.15) is 16.7 Å². The lowest BCUT2D eigenvalue weighted by molar-refractivity contribution is 0.620. The van der Waals surface area contributed by atoms with Gasteiger partial charge < -0.3 is 8.83 Å². The molecule has 4 heterocycles. The Morgan fingerprint density at radius 1 is 0.356 bits per heavy atom. The van der Waals surface area contributed by atoms with Gasteiger partial charge in [-0.2, -0.15) is 0 Å². The predicted octanol–water partition coefficient (Wildman–Crippen LogP) is 14.3. The highest BCUT2D eigenvalue weighted by molar-refractivity contribution is 7.26. The van der Waals surface area contributed by atoms with Crippen LogP contribution in [0.25, 0.3) is 121 Å². The molecular weight excluding hydrogens is 745 g/mol. The monoisotopic (exact) mass is 774 g/mol. The zero-order valence-electron chi connectivity index (χ0n) is 31.3. The van der Waals surface area contributed by atoms with Crippen molar-refractivity contribution in [3.8, 4) is 67.9 Å². The van der Waals surface area contributed by atoms with E-state index in [4.69, 9.17) is 23.8 Å². The summed E-state index contributed by atoms with van der Waals surface area (Å²) in [5.41, 5.74) is 11.4. The van der Waals surface area contributed by atoms with Gasteiger partial charge in [-0.05, 0) is 76.9 Å². The molecule has 12 rings (SSSR count). The van der Waals surface area contributed by atoms with Crippen LogP contribution in [-0.2, 0) is 0 Å². The zero-order chi connectivity index (χ0) is 38.9. The molecule has 0 unspecified atom stereocenters. The van der Waals surface area contributed by atoms with Crippen LogP contribution in [-0.4, -0.2) is 19.9 Å². The van der Waals surface area contributed by atoms with Gasteiger partial charge >= 0.3 is 0 Å². The number of nitrogens with zero attached hydrogens (tertiary/aromatic N) is 4. The van der Waals surface area contributed by atoms with Crippen molar-refractivity contribution < 1.29 is 8.83 Å². The summed E-state index contributed by atoms with van der Waals surface area (Å²) >= 11 is 1.82. The Balaban J connectivity index is 0.934. The first kappa shape index (κ1) is 33.4. The molecule has 0 N–H and O–H groups in total. The molecule has 276 valence electrons. The Morgan fingerprint density at radius 2 is 1.00 bits per heavy atom. The van der Waals surface area contributed by atoms with E-state index >= 15 is 0 Å². The van der Waals surface area contributed by atoms with E-state index in [1.54, 1.807) is 0 Å². The van der Waals surface area contributed by atoms with Gasteiger partial charge in [0.15, 0.2) is 23.1 Å². The molecule has 7 heteroatoms. The van der Waals surface area contributed by atoms with Crippen LogP contribution in [0.1, 0.15) is 0 Å². The van der Waals surface area contributed by atoms with Crippen molar-refractivity contribution in [2.75, 3.05) is 0 Å². The molecule has 6 nitrogen and oxygen atoms in total. The van der Waals surface area contributed by atoms with Gasteiger partial charge in [-0.25, -0.2) is 19.9 Å². The fourth-order valence-corrected chi connectivity index (χ4v) is 9.32. The highest BCUT2D eigenvalue weighted by Gasteiger charge is 2.19.